The molecule has 0 aromatic heterocycles. The molecule has 1 aromatic rings. The fourth-order valence-corrected chi connectivity index (χ4v) is 3.10. The SMILES string of the molecule is COC(=O)c1ccc(N2C[C@@H](C)N(C(=O)OC(C)(C)C)C[C@@H]2C)c(N)c1. The zero-order valence-corrected chi connectivity index (χ0v) is 16.4. The Hall–Kier alpha value is -2.44. The first-order valence-electron chi connectivity index (χ1n) is 8.77. The average Bonchev–Trinajstić information content (AvgIpc) is 2.54. The average molecular weight is 363 g/mol. The van der Waals surface area contributed by atoms with Gasteiger partial charge in [0.05, 0.1) is 24.0 Å². The summed E-state index contributed by atoms with van der Waals surface area (Å²) in [6.45, 7) is 10.8. The standard InChI is InChI=1S/C19H29N3O4/c1-12-11-22(18(24)26-19(3,4)5)13(2)10-21(12)16-8-7-14(9-15(16)20)17(23)25-6/h7-9,12-13H,10-11,20H2,1-6H3/t12-,13+/m0/s1. The molecule has 2 N–H and O–H groups in total. The van der Waals surface area contributed by atoms with Crippen molar-refractivity contribution in [3.63, 3.8) is 0 Å². The highest BCUT2D eigenvalue weighted by molar-refractivity contribution is 5.92. The highest BCUT2D eigenvalue weighted by Crippen LogP contribution is 2.30. The molecule has 1 aliphatic rings. The molecule has 1 saturated heterocycles. The second kappa shape index (κ2) is 7.43. The predicted molar refractivity (Wildman–Crippen MR) is 101 cm³/mol. The lowest BCUT2D eigenvalue weighted by Gasteiger charge is -2.45. The van der Waals surface area contributed by atoms with E-state index in [1.807, 2.05) is 40.7 Å². The molecule has 0 spiro atoms. The van der Waals surface area contributed by atoms with Crippen LogP contribution in [0.2, 0.25) is 0 Å². The molecule has 1 aliphatic heterocycles. The Morgan fingerprint density at radius 2 is 1.81 bits per heavy atom. The van der Waals surface area contributed by atoms with E-state index < -0.39 is 11.6 Å². The van der Waals surface area contributed by atoms with Crippen LogP contribution in [0.3, 0.4) is 0 Å². The second-order valence-electron chi connectivity index (χ2n) is 7.75. The van der Waals surface area contributed by atoms with Crippen LogP contribution in [0.5, 0.6) is 0 Å². The minimum atomic E-state index is -0.522. The van der Waals surface area contributed by atoms with E-state index in [4.69, 9.17) is 15.2 Å². The topological polar surface area (TPSA) is 85.1 Å². The number of esters is 1. The van der Waals surface area contributed by atoms with Gasteiger partial charge in [0.2, 0.25) is 0 Å². The number of nitrogen functional groups attached to an aromatic ring is 1. The van der Waals surface area contributed by atoms with Crippen molar-refractivity contribution in [3.05, 3.63) is 23.8 Å². The van der Waals surface area contributed by atoms with Gasteiger partial charge in [0.25, 0.3) is 0 Å². The van der Waals surface area contributed by atoms with Gasteiger partial charge in [-0.2, -0.15) is 0 Å². The van der Waals surface area contributed by atoms with Gasteiger partial charge in [0.15, 0.2) is 0 Å². The van der Waals surface area contributed by atoms with Crippen molar-refractivity contribution < 1.29 is 19.1 Å². The molecule has 1 heterocycles. The van der Waals surface area contributed by atoms with E-state index in [0.29, 0.717) is 24.3 Å². The minimum absolute atomic E-state index is 0.0271. The molecule has 7 heteroatoms. The fraction of sp³-hybridized carbons (Fsp3) is 0.579. The number of carbonyl (C=O) groups is 2. The number of piperazine rings is 1. The molecule has 7 nitrogen and oxygen atoms in total. The Labute approximate surface area is 155 Å². The summed E-state index contributed by atoms with van der Waals surface area (Å²) in [4.78, 5) is 28.0. The number of amides is 1. The number of anilines is 2. The van der Waals surface area contributed by atoms with E-state index in [-0.39, 0.29) is 18.2 Å². The van der Waals surface area contributed by atoms with E-state index in [1.54, 1.807) is 17.0 Å². The summed E-state index contributed by atoms with van der Waals surface area (Å²) in [7, 11) is 1.34. The fourth-order valence-electron chi connectivity index (χ4n) is 3.10. The lowest BCUT2D eigenvalue weighted by molar-refractivity contribution is 0.0130. The van der Waals surface area contributed by atoms with Gasteiger partial charge in [0.1, 0.15) is 5.60 Å². The largest absolute Gasteiger partial charge is 0.465 e. The molecule has 1 amide bonds. The van der Waals surface area contributed by atoms with Gasteiger partial charge >= 0.3 is 12.1 Å². The zero-order valence-electron chi connectivity index (χ0n) is 16.4. The smallest absolute Gasteiger partial charge is 0.410 e. The van der Waals surface area contributed by atoms with Crippen LogP contribution in [0, 0.1) is 0 Å². The molecule has 0 unspecified atom stereocenters. The van der Waals surface area contributed by atoms with Gasteiger partial charge in [-0.3, -0.25) is 0 Å². The summed E-state index contributed by atoms with van der Waals surface area (Å²) >= 11 is 0. The predicted octanol–water partition coefficient (Wildman–Crippen LogP) is 2.89. The highest BCUT2D eigenvalue weighted by atomic mass is 16.6. The van der Waals surface area contributed by atoms with E-state index in [0.717, 1.165) is 5.69 Å². The van der Waals surface area contributed by atoms with Gasteiger partial charge in [-0.15, -0.1) is 0 Å². The molecule has 0 bridgehead atoms. The highest BCUT2D eigenvalue weighted by Gasteiger charge is 2.35. The van der Waals surface area contributed by atoms with Crippen LogP contribution in [-0.4, -0.2) is 54.8 Å². The Morgan fingerprint density at radius 3 is 2.35 bits per heavy atom. The van der Waals surface area contributed by atoms with Gasteiger partial charge in [-0.25, -0.2) is 9.59 Å². The van der Waals surface area contributed by atoms with Crippen LogP contribution in [0.1, 0.15) is 45.0 Å². The molecule has 0 radical (unpaired) electrons. The summed E-state index contributed by atoms with van der Waals surface area (Å²) in [6.07, 6.45) is -0.300. The van der Waals surface area contributed by atoms with Gasteiger partial charge in [-0.1, -0.05) is 0 Å². The maximum Gasteiger partial charge on any atom is 0.410 e. The number of benzene rings is 1. The summed E-state index contributed by atoms with van der Waals surface area (Å²) < 4.78 is 10.2. The summed E-state index contributed by atoms with van der Waals surface area (Å²) in [5.41, 5.74) is 7.43. The number of methoxy groups -OCH3 is 1. The number of rotatable bonds is 2. The Morgan fingerprint density at radius 1 is 1.15 bits per heavy atom. The van der Waals surface area contributed by atoms with Crippen LogP contribution in [0.4, 0.5) is 16.2 Å². The lowest BCUT2D eigenvalue weighted by Crippen LogP contribution is -2.59. The number of hydrogen-bond donors (Lipinski definition) is 1. The molecule has 26 heavy (non-hydrogen) atoms. The van der Waals surface area contributed by atoms with Crippen molar-refractivity contribution in [3.8, 4) is 0 Å². The van der Waals surface area contributed by atoms with E-state index in [1.165, 1.54) is 7.11 Å². The molecule has 1 aromatic carbocycles. The third kappa shape index (κ3) is 4.39. The van der Waals surface area contributed by atoms with Crippen molar-refractivity contribution >= 4 is 23.4 Å². The summed E-state index contributed by atoms with van der Waals surface area (Å²) in [6, 6.07) is 5.19. The molecule has 2 rings (SSSR count). The first-order valence-corrected chi connectivity index (χ1v) is 8.77. The Bertz CT molecular complexity index is 684. The number of nitrogens with two attached hydrogens (primary N) is 1. The van der Waals surface area contributed by atoms with Crippen LogP contribution >= 0.6 is 0 Å². The maximum absolute atomic E-state index is 12.4. The molecule has 144 valence electrons. The summed E-state index contributed by atoms with van der Waals surface area (Å²) in [5.74, 6) is -0.417. The number of ether oxygens (including phenoxy) is 2. The molecule has 1 fully saturated rings. The van der Waals surface area contributed by atoms with Crippen molar-refractivity contribution in [1.29, 1.82) is 0 Å². The maximum atomic E-state index is 12.4. The molecule has 0 saturated carbocycles. The van der Waals surface area contributed by atoms with Gasteiger partial charge < -0.3 is 25.0 Å². The van der Waals surface area contributed by atoms with Crippen LogP contribution in [-0.2, 0) is 9.47 Å². The van der Waals surface area contributed by atoms with Crippen LogP contribution in [0.25, 0.3) is 0 Å². The molecule has 0 aliphatic carbocycles. The number of nitrogens with zero attached hydrogens (tertiary/aromatic N) is 2. The Kier molecular flexibility index (Phi) is 5.68. The van der Waals surface area contributed by atoms with Crippen LogP contribution in [0.15, 0.2) is 18.2 Å². The third-order valence-corrected chi connectivity index (χ3v) is 4.37. The third-order valence-electron chi connectivity index (χ3n) is 4.37. The monoisotopic (exact) mass is 363 g/mol. The second-order valence-corrected chi connectivity index (χ2v) is 7.75. The molecular weight excluding hydrogens is 334 g/mol. The number of hydrogen-bond acceptors (Lipinski definition) is 6. The quantitative estimate of drug-likeness (QED) is 0.642. The lowest BCUT2D eigenvalue weighted by atomic mass is 10.1. The minimum Gasteiger partial charge on any atom is -0.465 e. The van der Waals surface area contributed by atoms with E-state index in [9.17, 15) is 9.59 Å². The van der Waals surface area contributed by atoms with Crippen molar-refractivity contribution in [2.24, 2.45) is 0 Å². The van der Waals surface area contributed by atoms with Gasteiger partial charge in [-0.05, 0) is 52.8 Å². The summed E-state index contributed by atoms with van der Waals surface area (Å²) in [5, 5.41) is 0. The first-order chi connectivity index (χ1) is 12.0. The Balaban J connectivity index is 2.17. The first kappa shape index (κ1) is 19.9. The molecular formula is C19H29N3O4. The molecule has 2 atom stereocenters. The normalized spacial score (nSPS) is 20.7. The van der Waals surface area contributed by atoms with Crippen molar-refractivity contribution in [1.82, 2.24) is 4.90 Å². The van der Waals surface area contributed by atoms with E-state index >= 15 is 0 Å². The van der Waals surface area contributed by atoms with Crippen molar-refractivity contribution in [2.75, 3.05) is 30.8 Å². The zero-order chi connectivity index (χ0) is 19.6. The van der Waals surface area contributed by atoms with E-state index in [2.05, 4.69) is 4.90 Å². The van der Waals surface area contributed by atoms with Gasteiger partial charge in [0, 0.05) is 25.2 Å². The number of carbonyl (C=O) groups excluding carboxylic acids is 2. The van der Waals surface area contributed by atoms with Crippen LogP contribution < -0.4 is 10.6 Å². The van der Waals surface area contributed by atoms with Crippen molar-refractivity contribution in [2.45, 2.75) is 52.3 Å².